The Morgan fingerprint density at radius 2 is 2.00 bits per heavy atom. The van der Waals surface area contributed by atoms with Gasteiger partial charge in [0.25, 0.3) is 0 Å². The molecule has 1 heterocycles. The maximum Gasteiger partial charge on any atom is 0.410 e. The summed E-state index contributed by atoms with van der Waals surface area (Å²) in [5.41, 5.74) is -3.65. The van der Waals surface area contributed by atoms with E-state index in [0.717, 1.165) is 4.90 Å². The zero-order valence-electron chi connectivity index (χ0n) is 10.6. The largest absolute Gasteiger partial charge is 0.479 e. The molecule has 0 spiro atoms. The summed E-state index contributed by atoms with van der Waals surface area (Å²) in [6, 6.07) is 0. The SMILES string of the molecule is CC(C)(C)OC(=O)N1CCC(F)(C(=O)O)C(F)C1. The molecule has 5 nitrogen and oxygen atoms in total. The number of ether oxygens (including phenoxy) is 1. The molecule has 1 aliphatic heterocycles. The first kappa shape index (κ1) is 14.7. The Balaban J connectivity index is 2.67. The van der Waals surface area contributed by atoms with E-state index in [1.54, 1.807) is 20.8 Å². The molecular formula is C11H17F2NO4. The van der Waals surface area contributed by atoms with Gasteiger partial charge in [-0.15, -0.1) is 0 Å². The van der Waals surface area contributed by atoms with Crippen molar-refractivity contribution in [1.29, 1.82) is 0 Å². The Labute approximate surface area is 104 Å². The van der Waals surface area contributed by atoms with Gasteiger partial charge in [0.05, 0.1) is 6.54 Å². The van der Waals surface area contributed by atoms with Gasteiger partial charge in [0.15, 0.2) is 6.17 Å². The van der Waals surface area contributed by atoms with Gasteiger partial charge in [-0.25, -0.2) is 18.4 Å². The molecule has 7 heteroatoms. The third-order valence-corrected chi connectivity index (χ3v) is 2.63. The summed E-state index contributed by atoms with van der Waals surface area (Å²) in [4.78, 5) is 23.2. The van der Waals surface area contributed by atoms with Crippen LogP contribution in [0.4, 0.5) is 13.6 Å². The van der Waals surface area contributed by atoms with Crippen LogP contribution < -0.4 is 0 Å². The molecule has 18 heavy (non-hydrogen) atoms. The molecule has 1 rings (SSSR count). The standard InChI is InChI=1S/C11H17F2NO4/c1-10(2,3)18-9(17)14-5-4-11(13,8(15)16)7(12)6-14/h7H,4-6H2,1-3H3,(H,15,16). The molecule has 1 amide bonds. The number of hydrogen-bond donors (Lipinski definition) is 1. The minimum absolute atomic E-state index is 0.182. The monoisotopic (exact) mass is 265 g/mol. The van der Waals surface area contributed by atoms with Crippen LogP contribution in [0.25, 0.3) is 0 Å². The van der Waals surface area contributed by atoms with E-state index in [1.165, 1.54) is 0 Å². The van der Waals surface area contributed by atoms with Gasteiger partial charge in [0.2, 0.25) is 5.67 Å². The second kappa shape index (κ2) is 4.70. The van der Waals surface area contributed by atoms with Crippen molar-refractivity contribution >= 4 is 12.1 Å². The lowest BCUT2D eigenvalue weighted by atomic mass is 9.92. The molecule has 2 atom stereocenters. The number of piperidine rings is 1. The number of rotatable bonds is 1. The number of carbonyl (C=O) groups is 2. The lowest BCUT2D eigenvalue weighted by Crippen LogP contribution is -2.57. The predicted octanol–water partition coefficient (Wildman–Crippen LogP) is 1.76. The summed E-state index contributed by atoms with van der Waals surface area (Å²) < 4.78 is 32.2. The normalized spacial score (nSPS) is 28.9. The highest BCUT2D eigenvalue weighted by Crippen LogP contribution is 2.30. The number of alkyl halides is 2. The second-order valence-electron chi connectivity index (χ2n) is 5.31. The van der Waals surface area contributed by atoms with Gasteiger partial charge in [0.1, 0.15) is 5.60 Å². The maximum absolute atomic E-state index is 13.7. The molecule has 0 bridgehead atoms. The summed E-state index contributed by atoms with van der Waals surface area (Å²) in [5.74, 6) is -1.83. The molecule has 1 N–H and O–H groups in total. The highest BCUT2D eigenvalue weighted by Gasteiger charge is 2.52. The van der Waals surface area contributed by atoms with E-state index in [2.05, 4.69) is 0 Å². The summed E-state index contributed by atoms with van der Waals surface area (Å²) in [6.45, 7) is 4.16. The van der Waals surface area contributed by atoms with Crippen LogP contribution in [0, 0.1) is 0 Å². The van der Waals surface area contributed by atoms with Crippen molar-refractivity contribution in [3.05, 3.63) is 0 Å². The maximum atomic E-state index is 13.7. The topological polar surface area (TPSA) is 66.8 Å². The summed E-state index contributed by atoms with van der Waals surface area (Å²) in [5, 5.41) is 8.63. The molecule has 0 aromatic rings. The van der Waals surface area contributed by atoms with Gasteiger partial charge < -0.3 is 14.7 Å². The van der Waals surface area contributed by atoms with E-state index in [9.17, 15) is 18.4 Å². The lowest BCUT2D eigenvalue weighted by molar-refractivity contribution is -0.160. The highest BCUT2D eigenvalue weighted by molar-refractivity contribution is 5.79. The molecule has 104 valence electrons. The van der Waals surface area contributed by atoms with Crippen LogP contribution in [-0.4, -0.2) is 52.6 Å². The fourth-order valence-electron chi connectivity index (χ4n) is 1.62. The smallest absolute Gasteiger partial charge is 0.410 e. The fraction of sp³-hybridized carbons (Fsp3) is 0.818. The minimum Gasteiger partial charge on any atom is -0.479 e. The van der Waals surface area contributed by atoms with Crippen LogP contribution in [0.5, 0.6) is 0 Å². The summed E-state index contributed by atoms with van der Waals surface area (Å²) in [7, 11) is 0. The van der Waals surface area contributed by atoms with Crippen LogP contribution in [0.2, 0.25) is 0 Å². The van der Waals surface area contributed by atoms with Crippen LogP contribution in [0.15, 0.2) is 0 Å². The van der Waals surface area contributed by atoms with Crippen LogP contribution in [0.1, 0.15) is 27.2 Å². The van der Waals surface area contributed by atoms with E-state index in [4.69, 9.17) is 9.84 Å². The van der Waals surface area contributed by atoms with Gasteiger partial charge in [-0.2, -0.15) is 0 Å². The van der Waals surface area contributed by atoms with Crippen LogP contribution in [-0.2, 0) is 9.53 Å². The molecule has 0 saturated carbocycles. The van der Waals surface area contributed by atoms with E-state index in [-0.39, 0.29) is 6.54 Å². The zero-order chi connectivity index (χ0) is 14.1. The molecule has 1 aliphatic rings. The van der Waals surface area contributed by atoms with Crippen molar-refractivity contribution in [3.8, 4) is 0 Å². The number of carboxylic acid groups (broad SMARTS) is 1. The highest BCUT2D eigenvalue weighted by atomic mass is 19.2. The molecule has 2 unspecified atom stereocenters. The van der Waals surface area contributed by atoms with E-state index in [0.29, 0.717) is 0 Å². The number of nitrogens with zero attached hydrogens (tertiary/aromatic N) is 1. The number of likely N-dealkylation sites (tertiary alicyclic amines) is 1. The van der Waals surface area contributed by atoms with E-state index >= 15 is 0 Å². The number of amides is 1. The molecule has 0 aliphatic carbocycles. The molecule has 1 fully saturated rings. The molecular weight excluding hydrogens is 248 g/mol. The average molecular weight is 265 g/mol. The second-order valence-corrected chi connectivity index (χ2v) is 5.31. The predicted molar refractivity (Wildman–Crippen MR) is 58.8 cm³/mol. The fourth-order valence-corrected chi connectivity index (χ4v) is 1.62. The Hall–Kier alpha value is -1.40. The quantitative estimate of drug-likeness (QED) is 0.784. The van der Waals surface area contributed by atoms with Crippen molar-refractivity contribution in [2.75, 3.05) is 13.1 Å². The summed E-state index contributed by atoms with van der Waals surface area (Å²) >= 11 is 0. The first-order valence-electron chi connectivity index (χ1n) is 5.60. The third kappa shape index (κ3) is 3.08. The number of carboxylic acids is 1. The number of hydrogen-bond acceptors (Lipinski definition) is 3. The summed E-state index contributed by atoms with van der Waals surface area (Å²) in [6.07, 6.45) is -3.60. The van der Waals surface area contributed by atoms with Crippen LogP contribution in [0.3, 0.4) is 0 Å². The minimum atomic E-state index is -2.92. The van der Waals surface area contributed by atoms with Gasteiger partial charge in [-0.1, -0.05) is 0 Å². The zero-order valence-corrected chi connectivity index (χ0v) is 10.6. The first-order chi connectivity index (χ1) is 8.06. The Morgan fingerprint density at radius 3 is 2.39 bits per heavy atom. The van der Waals surface area contributed by atoms with Crippen molar-refractivity contribution in [1.82, 2.24) is 4.90 Å². The van der Waals surface area contributed by atoms with Crippen molar-refractivity contribution in [2.24, 2.45) is 0 Å². The van der Waals surface area contributed by atoms with Crippen LogP contribution >= 0.6 is 0 Å². The Kier molecular flexibility index (Phi) is 3.83. The third-order valence-electron chi connectivity index (χ3n) is 2.63. The van der Waals surface area contributed by atoms with Crippen molar-refractivity contribution < 1.29 is 28.2 Å². The first-order valence-corrected chi connectivity index (χ1v) is 5.60. The van der Waals surface area contributed by atoms with Gasteiger partial charge in [-0.05, 0) is 20.8 Å². The molecule has 0 radical (unpaired) electrons. The number of carbonyl (C=O) groups excluding carboxylic acids is 1. The Morgan fingerprint density at radius 1 is 1.44 bits per heavy atom. The lowest BCUT2D eigenvalue weighted by Gasteiger charge is -2.37. The van der Waals surface area contributed by atoms with Gasteiger partial charge >= 0.3 is 12.1 Å². The van der Waals surface area contributed by atoms with Crippen molar-refractivity contribution in [3.63, 3.8) is 0 Å². The van der Waals surface area contributed by atoms with Gasteiger partial charge in [0, 0.05) is 13.0 Å². The average Bonchev–Trinajstić information content (AvgIpc) is 2.19. The van der Waals surface area contributed by atoms with Crippen molar-refractivity contribution in [2.45, 2.75) is 44.6 Å². The molecule has 1 saturated heterocycles. The molecule has 0 aromatic carbocycles. The molecule has 0 aromatic heterocycles. The number of halogens is 2. The number of aliphatic carboxylic acids is 1. The van der Waals surface area contributed by atoms with E-state index < -0.39 is 42.5 Å². The van der Waals surface area contributed by atoms with E-state index in [1.807, 2.05) is 0 Å². The van der Waals surface area contributed by atoms with Gasteiger partial charge in [-0.3, -0.25) is 0 Å². The Bertz CT molecular complexity index is 355.